The number of rotatable bonds is 6. The van der Waals surface area contributed by atoms with Crippen molar-refractivity contribution in [1.82, 2.24) is 4.98 Å². The van der Waals surface area contributed by atoms with Crippen LogP contribution in [-0.2, 0) is 17.1 Å². The van der Waals surface area contributed by atoms with Crippen molar-refractivity contribution in [2.24, 2.45) is 0 Å². The maximum Gasteiger partial charge on any atom is 0.339 e. The third-order valence-corrected chi connectivity index (χ3v) is 5.20. The quantitative estimate of drug-likeness (QED) is 0.469. The molecule has 0 radical (unpaired) electrons. The van der Waals surface area contributed by atoms with E-state index in [0.717, 1.165) is 10.6 Å². The number of hydrogen-bond acceptors (Lipinski definition) is 6. The first-order valence-corrected chi connectivity index (χ1v) is 9.45. The molecule has 1 aromatic heterocycles. The maximum absolute atomic E-state index is 12.5. The second-order valence-corrected chi connectivity index (χ2v) is 6.85. The molecule has 0 aliphatic rings. The van der Waals surface area contributed by atoms with E-state index in [9.17, 15) is 4.79 Å². The fourth-order valence-corrected chi connectivity index (χ4v) is 3.80. The summed E-state index contributed by atoms with van der Waals surface area (Å²) in [4.78, 5) is 17.6. The summed E-state index contributed by atoms with van der Waals surface area (Å²) >= 11 is 3.11. The molecule has 0 atom stereocenters. The van der Waals surface area contributed by atoms with Gasteiger partial charge in [-0.3, -0.25) is 0 Å². The molecule has 0 aliphatic carbocycles. The van der Waals surface area contributed by atoms with Crippen molar-refractivity contribution in [3.63, 3.8) is 0 Å². The van der Waals surface area contributed by atoms with E-state index in [0.29, 0.717) is 22.4 Å². The van der Waals surface area contributed by atoms with Gasteiger partial charge in [-0.1, -0.05) is 30.3 Å². The predicted molar refractivity (Wildman–Crippen MR) is 98.4 cm³/mol. The van der Waals surface area contributed by atoms with Crippen molar-refractivity contribution >= 4 is 29.1 Å². The lowest BCUT2D eigenvalue weighted by atomic mass is 10.1. The summed E-state index contributed by atoms with van der Waals surface area (Å²) in [6.07, 6.45) is 0. The highest BCUT2D eigenvalue weighted by molar-refractivity contribution is 7.98. The van der Waals surface area contributed by atoms with Crippen molar-refractivity contribution in [1.29, 1.82) is 5.26 Å². The standard InChI is InChI=1S/C19H14N2O2S2/c20-9-14-5-1-2-6-15(14)10-23-19(22)17-7-3-4-8-18(17)25-12-16-11-24-13-21-16/h1-8,11,13H,10,12H2. The minimum absolute atomic E-state index is 0.0770. The van der Waals surface area contributed by atoms with Crippen molar-refractivity contribution < 1.29 is 9.53 Å². The van der Waals surface area contributed by atoms with Crippen LogP contribution < -0.4 is 0 Å². The molecule has 0 aliphatic heterocycles. The Hall–Kier alpha value is -2.62. The molecule has 0 N–H and O–H groups in total. The van der Waals surface area contributed by atoms with Crippen molar-refractivity contribution in [2.45, 2.75) is 17.3 Å². The second kappa shape index (κ2) is 8.47. The van der Waals surface area contributed by atoms with Gasteiger partial charge in [0.15, 0.2) is 0 Å². The molecule has 0 bridgehead atoms. The molecule has 3 aromatic rings. The van der Waals surface area contributed by atoms with Gasteiger partial charge in [-0.15, -0.1) is 23.1 Å². The molecule has 0 amide bonds. The van der Waals surface area contributed by atoms with Gasteiger partial charge < -0.3 is 4.74 Å². The van der Waals surface area contributed by atoms with E-state index < -0.39 is 5.97 Å². The fourth-order valence-electron chi connectivity index (χ4n) is 2.20. The van der Waals surface area contributed by atoms with Gasteiger partial charge in [0.05, 0.1) is 28.4 Å². The summed E-state index contributed by atoms with van der Waals surface area (Å²) in [5.41, 5.74) is 4.52. The number of thiazole rings is 1. The van der Waals surface area contributed by atoms with Crippen LogP contribution in [-0.4, -0.2) is 11.0 Å². The van der Waals surface area contributed by atoms with Gasteiger partial charge in [0.2, 0.25) is 0 Å². The molecule has 3 rings (SSSR count). The van der Waals surface area contributed by atoms with E-state index in [1.165, 1.54) is 0 Å². The van der Waals surface area contributed by atoms with Gasteiger partial charge in [-0.05, 0) is 18.2 Å². The van der Waals surface area contributed by atoms with E-state index in [4.69, 9.17) is 10.00 Å². The Morgan fingerprint density at radius 3 is 2.80 bits per heavy atom. The first kappa shape index (κ1) is 17.2. The van der Waals surface area contributed by atoms with Gasteiger partial charge in [-0.25, -0.2) is 9.78 Å². The normalized spacial score (nSPS) is 10.2. The van der Waals surface area contributed by atoms with Crippen molar-refractivity contribution in [2.75, 3.05) is 0 Å². The molecule has 6 heteroatoms. The first-order valence-electron chi connectivity index (χ1n) is 7.52. The minimum Gasteiger partial charge on any atom is -0.457 e. The SMILES string of the molecule is N#Cc1ccccc1COC(=O)c1ccccc1SCc1cscn1. The minimum atomic E-state index is -0.394. The molecule has 0 saturated carbocycles. The average Bonchev–Trinajstić information content (AvgIpc) is 3.18. The number of ether oxygens (including phenoxy) is 1. The van der Waals surface area contributed by atoms with Crippen molar-refractivity contribution in [3.05, 3.63) is 81.8 Å². The molecular formula is C19H14N2O2S2. The van der Waals surface area contributed by atoms with Gasteiger partial charge in [-0.2, -0.15) is 5.26 Å². The average molecular weight is 366 g/mol. The number of thioether (sulfide) groups is 1. The highest BCUT2D eigenvalue weighted by atomic mass is 32.2. The van der Waals surface area contributed by atoms with E-state index in [1.54, 1.807) is 52.9 Å². The Labute approximate surface area is 154 Å². The third kappa shape index (κ3) is 4.47. The zero-order valence-corrected chi connectivity index (χ0v) is 14.8. The zero-order valence-electron chi connectivity index (χ0n) is 13.2. The Balaban J connectivity index is 1.68. The summed E-state index contributed by atoms with van der Waals surface area (Å²) in [6.45, 7) is 0.0770. The Morgan fingerprint density at radius 1 is 1.20 bits per heavy atom. The van der Waals surface area contributed by atoms with Crippen LogP contribution in [0.2, 0.25) is 0 Å². The number of carbonyl (C=O) groups is 1. The summed E-state index contributed by atoms with van der Waals surface area (Å²) in [7, 11) is 0. The van der Waals surface area contributed by atoms with E-state index >= 15 is 0 Å². The number of carbonyl (C=O) groups excluding carboxylic acids is 1. The Kier molecular flexibility index (Phi) is 5.83. The van der Waals surface area contributed by atoms with E-state index in [-0.39, 0.29) is 6.61 Å². The molecular weight excluding hydrogens is 352 g/mol. The third-order valence-electron chi connectivity index (χ3n) is 3.46. The van der Waals surface area contributed by atoms with Crippen LogP contribution in [0.3, 0.4) is 0 Å². The molecule has 124 valence electrons. The number of nitriles is 1. The lowest BCUT2D eigenvalue weighted by Gasteiger charge is -2.09. The molecule has 4 nitrogen and oxygen atoms in total. The predicted octanol–water partition coefficient (Wildman–Crippen LogP) is 4.66. The second-order valence-electron chi connectivity index (χ2n) is 5.11. The topological polar surface area (TPSA) is 63.0 Å². The van der Waals surface area contributed by atoms with Crippen LogP contribution in [0.1, 0.15) is 27.2 Å². The first-order chi connectivity index (χ1) is 12.3. The fraction of sp³-hybridized carbons (Fsp3) is 0.105. The lowest BCUT2D eigenvalue weighted by Crippen LogP contribution is -2.07. The van der Waals surface area contributed by atoms with Crippen LogP contribution >= 0.6 is 23.1 Å². The number of aromatic nitrogens is 1. The molecule has 2 aromatic carbocycles. The number of esters is 1. The highest BCUT2D eigenvalue weighted by Gasteiger charge is 2.14. The number of hydrogen-bond donors (Lipinski definition) is 0. The van der Waals surface area contributed by atoms with Gasteiger partial charge in [0, 0.05) is 21.6 Å². The van der Waals surface area contributed by atoms with Gasteiger partial charge in [0.25, 0.3) is 0 Å². The van der Waals surface area contributed by atoms with E-state index in [2.05, 4.69) is 11.1 Å². The van der Waals surface area contributed by atoms with Crippen LogP contribution in [0.15, 0.2) is 64.3 Å². The largest absolute Gasteiger partial charge is 0.457 e. The molecule has 0 spiro atoms. The van der Waals surface area contributed by atoms with Crippen LogP contribution in [0.4, 0.5) is 0 Å². The van der Waals surface area contributed by atoms with Crippen LogP contribution in [0.5, 0.6) is 0 Å². The summed E-state index contributed by atoms with van der Waals surface area (Å²) in [5, 5.41) is 11.1. The Morgan fingerprint density at radius 2 is 2.00 bits per heavy atom. The molecule has 0 unspecified atom stereocenters. The van der Waals surface area contributed by atoms with Crippen LogP contribution in [0.25, 0.3) is 0 Å². The van der Waals surface area contributed by atoms with Crippen LogP contribution in [0, 0.1) is 11.3 Å². The number of nitrogens with zero attached hydrogens (tertiary/aromatic N) is 2. The highest BCUT2D eigenvalue weighted by Crippen LogP contribution is 2.27. The summed E-state index contributed by atoms with van der Waals surface area (Å²) < 4.78 is 5.42. The monoisotopic (exact) mass is 366 g/mol. The molecule has 0 saturated heterocycles. The number of benzene rings is 2. The molecule has 25 heavy (non-hydrogen) atoms. The van der Waals surface area contributed by atoms with Crippen molar-refractivity contribution in [3.8, 4) is 6.07 Å². The lowest BCUT2D eigenvalue weighted by molar-refractivity contribution is 0.0468. The smallest absolute Gasteiger partial charge is 0.339 e. The zero-order chi connectivity index (χ0) is 17.5. The summed E-state index contributed by atoms with van der Waals surface area (Å²) in [5.74, 6) is 0.305. The van der Waals surface area contributed by atoms with E-state index in [1.807, 2.05) is 29.6 Å². The summed E-state index contributed by atoms with van der Waals surface area (Å²) in [6, 6.07) is 16.6. The molecule has 1 heterocycles. The maximum atomic E-state index is 12.5. The molecule has 0 fully saturated rings. The van der Waals surface area contributed by atoms with Gasteiger partial charge >= 0.3 is 5.97 Å². The Bertz CT molecular complexity index is 902. The van der Waals surface area contributed by atoms with Gasteiger partial charge in [0.1, 0.15) is 6.61 Å².